The van der Waals surface area contributed by atoms with E-state index in [1.54, 1.807) is 18.2 Å². The fourth-order valence-corrected chi connectivity index (χ4v) is 2.75. The van der Waals surface area contributed by atoms with E-state index in [-0.39, 0.29) is 17.7 Å². The van der Waals surface area contributed by atoms with Gasteiger partial charge < -0.3 is 20.9 Å². The number of carbonyl (C=O) groups is 1. The second kappa shape index (κ2) is 4.74. The molecule has 0 amide bonds. The summed E-state index contributed by atoms with van der Waals surface area (Å²) in [4.78, 5) is 11.2. The summed E-state index contributed by atoms with van der Waals surface area (Å²) in [5.41, 5.74) is 7.13. The topological polar surface area (TPSA) is 84.6 Å². The van der Waals surface area contributed by atoms with Crippen LogP contribution in [0.1, 0.15) is 29.6 Å². The van der Waals surface area contributed by atoms with Crippen molar-refractivity contribution in [3.8, 4) is 0 Å². The minimum atomic E-state index is -0.961. The molecule has 19 heavy (non-hydrogen) atoms. The molecule has 1 aliphatic heterocycles. The number of aromatic carboxylic acids is 1. The van der Waals surface area contributed by atoms with Gasteiger partial charge in [-0.15, -0.1) is 0 Å². The number of para-hydroxylation sites is 1. The van der Waals surface area contributed by atoms with Crippen LogP contribution < -0.4 is 11.1 Å². The summed E-state index contributed by atoms with van der Waals surface area (Å²) < 4.78 is 5.75. The zero-order chi connectivity index (χ0) is 13.4. The number of nitrogen functional groups attached to an aromatic ring is 1. The fourth-order valence-electron chi connectivity index (χ4n) is 2.75. The van der Waals surface area contributed by atoms with Crippen LogP contribution in [0, 0.1) is 5.92 Å². The Labute approximate surface area is 111 Å². The molecule has 5 nitrogen and oxygen atoms in total. The van der Waals surface area contributed by atoms with E-state index in [1.807, 2.05) is 0 Å². The van der Waals surface area contributed by atoms with Gasteiger partial charge in [-0.05, 0) is 37.3 Å². The molecule has 102 valence electrons. The van der Waals surface area contributed by atoms with Gasteiger partial charge in [-0.3, -0.25) is 0 Å². The number of nitrogens with two attached hydrogens (primary N) is 1. The largest absolute Gasteiger partial charge is 0.478 e. The number of benzene rings is 1. The van der Waals surface area contributed by atoms with Crippen molar-refractivity contribution in [2.75, 3.05) is 17.7 Å². The Balaban J connectivity index is 1.84. The predicted octanol–water partition coefficient (Wildman–Crippen LogP) is 1.95. The number of hydrogen-bond donors (Lipinski definition) is 3. The first-order chi connectivity index (χ1) is 9.16. The number of rotatable bonds is 4. The lowest BCUT2D eigenvalue weighted by molar-refractivity contribution is 0.0697. The normalized spacial score (nSPS) is 26.3. The molecule has 0 aromatic heterocycles. The third-order valence-corrected chi connectivity index (χ3v) is 3.88. The molecule has 0 radical (unpaired) electrons. The summed E-state index contributed by atoms with van der Waals surface area (Å²) >= 11 is 0. The molecule has 5 heteroatoms. The zero-order valence-corrected chi connectivity index (χ0v) is 10.6. The third kappa shape index (κ3) is 2.38. The van der Waals surface area contributed by atoms with Gasteiger partial charge in [0.1, 0.15) is 0 Å². The Morgan fingerprint density at radius 3 is 2.84 bits per heavy atom. The van der Waals surface area contributed by atoms with Gasteiger partial charge >= 0.3 is 5.97 Å². The molecule has 1 aliphatic carbocycles. The summed E-state index contributed by atoms with van der Waals surface area (Å²) in [5, 5.41) is 12.5. The maximum atomic E-state index is 11.2. The van der Waals surface area contributed by atoms with Gasteiger partial charge in [0.05, 0.1) is 29.1 Å². The highest BCUT2D eigenvalue weighted by atomic mass is 16.5. The molecule has 2 fully saturated rings. The van der Waals surface area contributed by atoms with E-state index in [1.165, 1.54) is 12.8 Å². The standard InChI is InChI=1S/C14H18N2O3/c15-10-3-1-2-9(14(17)18)12(10)16-11-6-7-19-13(11)8-4-5-8/h1-3,8,11,13,16H,4-7,15H2,(H,17,18). The van der Waals surface area contributed by atoms with Crippen molar-refractivity contribution in [1.29, 1.82) is 0 Å². The number of anilines is 2. The van der Waals surface area contributed by atoms with Crippen LogP contribution in [0.4, 0.5) is 11.4 Å². The van der Waals surface area contributed by atoms with Crippen molar-refractivity contribution in [3.05, 3.63) is 23.8 Å². The van der Waals surface area contributed by atoms with Crippen LogP contribution in [0.2, 0.25) is 0 Å². The summed E-state index contributed by atoms with van der Waals surface area (Å²) in [6.07, 6.45) is 3.51. The van der Waals surface area contributed by atoms with Gasteiger partial charge in [0.2, 0.25) is 0 Å². The van der Waals surface area contributed by atoms with E-state index in [0.717, 1.165) is 13.0 Å². The Morgan fingerprint density at radius 1 is 1.37 bits per heavy atom. The van der Waals surface area contributed by atoms with Crippen LogP contribution in [0.25, 0.3) is 0 Å². The van der Waals surface area contributed by atoms with Crippen molar-refractivity contribution < 1.29 is 14.6 Å². The summed E-state index contributed by atoms with van der Waals surface area (Å²) in [5.74, 6) is -0.338. The average Bonchev–Trinajstić information content (AvgIpc) is 3.12. The molecule has 0 bridgehead atoms. The number of carboxylic acid groups (broad SMARTS) is 1. The molecule has 1 saturated heterocycles. The van der Waals surface area contributed by atoms with Crippen molar-refractivity contribution in [2.45, 2.75) is 31.4 Å². The predicted molar refractivity (Wildman–Crippen MR) is 72.3 cm³/mol. The minimum Gasteiger partial charge on any atom is -0.478 e. The summed E-state index contributed by atoms with van der Waals surface area (Å²) in [6, 6.07) is 5.11. The third-order valence-electron chi connectivity index (χ3n) is 3.88. The molecule has 2 aliphatic rings. The molecule has 1 heterocycles. The highest BCUT2D eigenvalue weighted by Gasteiger charge is 2.41. The van der Waals surface area contributed by atoms with E-state index in [9.17, 15) is 9.90 Å². The molecular weight excluding hydrogens is 244 g/mol. The lowest BCUT2D eigenvalue weighted by Crippen LogP contribution is -2.32. The SMILES string of the molecule is Nc1cccc(C(=O)O)c1NC1CCOC1C1CC1. The molecule has 1 aromatic rings. The van der Waals surface area contributed by atoms with Crippen LogP contribution in [0.3, 0.4) is 0 Å². The van der Waals surface area contributed by atoms with Gasteiger partial charge in [0, 0.05) is 6.61 Å². The molecule has 2 unspecified atom stereocenters. The van der Waals surface area contributed by atoms with Crippen LogP contribution in [-0.4, -0.2) is 29.8 Å². The zero-order valence-electron chi connectivity index (χ0n) is 10.6. The Bertz CT molecular complexity index is 499. The van der Waals surface area contributed by atoms with Crippen LogP contribution in [-0.2, 0) is 4.74 Å². The fraction of sp³-hybridized carbons (Fsp3) is 0.500. The smallest absolute Gasteiger partial charge is 0.337 e. The first-order valence-corrected chi connectivity index (χ1v) is 6.66. The lowest BCUT2D eigenvalue weighted by atomic mass is 10.0. The maximum Gasteiger partial charge on any atom is 0.337 e. The summed E-state index contributed by atoms with van der Waals surface area (Å²) in [7, 11) is 0. The molecule has 1 saturated carbocycles. The highest BCUT2D eigenvalue weighted by Crippen LogP contribution is 2.40. The first kappa shape index (κ1) is 12.3. The molecule has 1 aromatic carbocycles. The first-order valence-electron chi connectivity index (χ1n) is 6.66. The van der Waals surface area contributed by atoms with Crippen molar-refractivity contribution in [1.82, 2.24) is 0 Å². The summed E-state index contributed by atoms with van der Waals surface area (Å²) in [6.45, 7) is 0.730. The van der Waals surface area contributed by atoms with Crippen LogP contribution in [0.15, 0.2) is 18.2 Å². The van der Waals surface area contributed by atoms with Gasteiger partial charge in [-0.1, -0.05) is 6.07 Å². The second-order valence-corrected chi connectivity index (χ2v) is 5.29. The second-order valence-electron chi connectivity index (χ2n) is 5.29. The number of carboxylic acids is 1. The Morgan fingerprint density at radius 2 is 2.16 bits per heavy atom. The van der Waals surface area contributed by atoms with Gasteiger partial charge in [-0.25, -0.2) is 4.79 Å². The number of ether oxygens (including phenoxy) is 1. The Hall–Kier alpha value is -1.75. The number of nitrogens with one attached hydrogen (secondary N) is 1. The molecule has 3 rings (SSSR count). The van der Waals surface area contributed by atoms with Gasteiger partial charge in [-0.2, -0.15) is 0 Å². The van der Waals surface area contributed by atoms with E-state index >= 15 is 0 Å². The van der Waals surface area contributed by atoms with E-state index < -0.39 is 5.97 Å². The molecule has 4 N–H and O–H groups in total. The van der Waals surface area contributed by atoms with E-state index in [2.05, 4.69) is 5.32 Å². The maximum absolute atomic E-state index is 11.2. The van der Waals surface area contributed by atoms with E-state index in [0.29, 0.717) is 17.3 Å². The average molecular weight is 262 g/mol. The lowest BCUT2D eigenvalue weighted by Gasteiger charge is -2.22. The van der Waals surface area contributed by atoms with Crippen molar-refractivity contribution in [3.63, 3.8) is 0 Å². The Kier molecular flexibility index (Phi) is 3.06. The van der Waals surface area contributed by atoms with Crippen molar-refractivity contribution in [2.24, 2.45) is 5.92 Å². The molecule has 2 atom stereocenters. The number of hydrogen-bond acceptors (Lipinski definition) is 4. The monoisotopic (exact) mass is 262 g/mol. The van der Waals surface area contributed by atoms with Gasteiger partial charge in [0.15, 0.2) is 0 Å². The minimum absolute atomic E-state index is 0.162. The molecule has 0 spiro atoms. The van der Waals surface area contributed by atoms with Crippen LogP contribution in [0.5, 0.6) is 0 Å². The molecular formula is C14H18N2O3. The van der Waals surface area contributed by atoms with Crippen LogP contribution >= 0.6 is 0 Å². The highest BCUT2D eigenvalue weighted by molar-refractivity contribution is 5.97. The van der Waals surface area contributed by atoms with Gasteiger partial charge in [0.25, 0.3) is 0 Å². The van der Waals surface area contributed by atoms with Crippen molar-refractivity contribution >= 4 is 17.3 Å². The van der Waals surface area contributed by atoms with E-state index in [4.69, 9.17) is 10.5 Å². The quantitative estimate of drug-likeness (QED) is 0.722.